The first-order chi connectivity index (χ1) is 8.82. The normalized spacial score (nSPS) is 11.8. The van der Waals surface area contributed by atoms with Crippen molar-refractivity contribution >= 4 is 32.9 Å². The van der Waals surface area contributed by atoms with Gasteiger partial charge in [0.2, 0.25) is 0 Å². The Labute approximate surface area is 115 Å². The topological polar surface area (TPSA) is 68.1 Å². The smallest absolute Gasteiger partial charge is 0.293 e. The van der Waals surface area contributed by atoms with Crippen molar-refractivity contribution in [2.45, 2.75) is 39.7 Å². The Kier molecular flexibility index (Phi) is 3.45. The number of fused-ring (bicyclic) bond motifs is 1. The van der Waals surface area contributed by atoms with Crippen LogP contribution in [0.2, 0.25) is 0 Å². The highest BCUT2D eigenvalue weighted by molar-refractivity contribution is 7.18. The van der Waals surface area contributed by atoms with Crippen molar-refractivity contribution in [3.63, 3.8) is 0 Å². The summed E-state index contributed by atoms with van der Waals surface area (Å²) in [6.45, 7) is 7.99. The van der Waals surface area contributed by atoms with Crippen LogP contribution in [0.4, 0.5) is 11.4 Å². The first kappa shape index (κ1) is 13.7. The molecule has 0 aliphatic rings. The molecule has 0 atom stereocenters. The van der Waals surface area contributed by atoms with Gasteiger partial charge in [-0.05, 0) is 33.3 Å². The van der Waals surface area contributed by atoms with Crippen LogP contribution in [0.1, 0.15) is 32.2 Å². The molecule has 5 nitrogen and oxygen atoms in total. The van der Waals surface area contributed by atoms with Gasteiger partial charge in [-0.25, -0.2) is 4.98 Å². The van der Waals surface area contributed by atoms with Crippen LogP contribution in [0.5, 0.6) is 0 Å². The summed E-state index contributed by atoms with van der Waals surface area (Å²) in [7, 11) is 0. The SMILES string of the molecule is CCC(C)(C)Nc1cc2nc(C)sc2cc1[N+](=O)[O-]. The number of nitro benzene ring substituents is 1. The Morgan fingerprint density at radius 2 is 2.16 bits per heavy atom. The van der Waals surface area contributed by atoms with Gasteiger partial charge in [0.05, 0.1) is 20.1 Å². The van der Waals surface area contributed by atoms with Crippen LogP contribution in [0.15, 0.2) is 12.1 Å². The summed E-state index contributed by atoms with van der Waals surface area (Å²) in [4.78, 5) is 15.2. The molecule has 1 N–H and O–H groups in total. The molecule has 2 aromatic rings. The molecule has 0 aliphatic carbocycles. The lowest BCUT2D eigenvalue weighted by Gasteiger charge is -2.25. The van der Waals surface area contributed by atoms with E-state index in [0.717, 1.165) is 21.6 Å². The van der Waals surface area contributed by atoms with Crippen molar-refractivity contribution in [1.82, 2.24) is 4.98 Å². The van der Waals surface area contributed by atoms with Gasteiger partial charge in [0.1, 0.15) is 5.69 Å². The highest BCUT2D eigenvalue weighted by Gasteiger charge is 2.22. The van der Waals surface area contributed by atoms with Gasteiger partial charge in [-0.1, -0.05) is 6.92 Å². The summed E-state index contributed by atoms with van der Waals surface area (Å²) in [6, 6.07) is 3.38. The number of benzene rings is 1. The zero-order chi connectivity index (χ0) is 14.2. The average Bonchev–Trinajstić information content (AvgIpc) is 2.66. The van der Waals surface area contributed by atoms with E-state index < -0.39 is 0 Å². The summed E-state index contributed by atoms with van der Waals surface area (Å²) >= 11 is 1.47. The lowest BCUT2D eigenvalue weighted by molar-refractivity contribution is -0.383. The van der Waals surface area contributed by atoms with Gasteiger partial charge in [-0.2, -0.15) is 0 Å². The summed E-state index contributed by atoms with van der Waals surface area (Å²) < 4.78 is 0.851. The number of nitro groups is 1. The minimum atomic E-state index is -0.345. The maximum Gasteiger partial charge on any atom is 0.293 e. The minimum Gasteiger partial charge on any atom is -0.375 e. The number of anilines is 1. The molecular formula is C13H17N3O2S. The number of rotatable bonds is 4. The predicted molar refractivity (Wildman–Crippen MR) is 79.0 cm³/mol. The quantitative estimate of drug-likeness (QED) is 0.675. The third-order valence-electron chi connectivity index (χ3n) is 3.17. The fourth-order valence-electron chi connectivity index (χ4n) is 1.78. The summed E-state index contributed by atoms with van der Waals surface area (Å²) in [5.41, 5.74) is 1.26. The summed E-state index contributed by atoms with van der Waals surface area (Å²) in [5, 5.41) is 15.4. The Morgan fingerprint density at radius 1 is 1.47 bits per heavy atom. The zero-order valence-electron chi connectivity index (χ0n) is 11.5. The van der Waals surface area contributed by atoms with Crippen molar-refractivity contribution in [1.29, 1.82) is 0 Å². The molecule has 0 amide bonds. The number of nitrogens with zero attached hydrogens (tertiary/aromatic N) is 2. The van der Waals surface area contributed by atoms with Crippen molar-refractivity contribution in [2.24, 2.45) is 0 Å². The number of nitrogens with one attached hydrogen (secondary N) is 1. The number of hydrogen-bond acceptors (Lipinski definition) is 5. The molecule has 0 unspecified atom stereocenters. The molecule has 1 heterocycles. The number of thiazole rings is 1. The second-order valence-corrected chi connectivity index (χ2v) is 6.42. The van der Waals surface area contributed by atoms with Gasteiger partial charge < -0.3 is 5.32 Å². The van der Waals surface area contributed by atoms with Crippen molar-refractivity contribution < 1.29 is 4.92 Å². The van der Waals surface area contributed by atoms with Gasteiger partial charge in [-0.15, -0.1) is 11.3 Å². The molecule has 6 heteroatoms. The molecule has 1 aromatic heterocycles. The number of aryl methyl sites for hydroxylation is 1. The van der Waals surface area contributed by atoms with E-state index in [-0.39, 0.29) is 16.1 Å². The third-order valence-corrected chi connectivity index (χ3v) is 4.10. The van der Waals surface area contributed by atoms with E-state index in [1.165, 1.54) is 11.3 Å². The van der Waals surface area contributed by atoms with E-state index >= 15 is 0 Å². The molecule has 0 fully saturated rings. The van der Waals surface area contributed by atoms with Crippen LogP contribution in [-0.4, -0.2) is 15.4 Å². The van der Waals surface area contributed by atoms with Gasteiger partial charge in [-0.3, -0.25) is 10.1 Å². The second kappa shape index (κ2) is 4.77. The predicted octanol–water partition coefficient (Wildman–Crippen LogP) is 4.11. The van der Waals surface area contributed by atoms with E-state index in [2.05, 4.69) is 10.3 Å². The van der Waals surface area contributed by atoms with E-state index in [4.69, 9.17) is 0 Å². The Morgan fingerprint density at radius 3 is 2.74 bits per heavy atom. The van der Waals surface area contributed by atoms with Gasteiger partial charge >= 0.3 is 0 Å². The average molecular weight is 279 g/mol. The van der Waals surface area contributed by atoms with Crippen LogP contribution in [-0.2, 0) is 0 Å². The maximum absolute atomic E-state index is 11.2. The molecule has 19 heavy (non-hydrogen) atoms. The Balaban J connectivity index is 2.56. The van der Waals surface area contributed by atoms with Crippen LogP contribution in [0.3, 0.4) is 0 Å². The first-order valence-electron chi connectivity index (χ1n) is 6.16. The van der Waals surface area contributed by atoms with Crippen molar-refractivity contribution in [3.05, 3.63) is 27.3 Å². The van der Waals surface area contributed by atoms with Crippen molar-refractivity contribution in [2.75, 3.05) is 5.32 Å². The van der Waals surface area contributed by atoms with Crippen LogP contribution in [0.25, 0.3) is 10.2 Å². The highest BCUT2D eigenvalue weighted by atomic mass is 32.1. The Bertz CT molecular complexity index is 634. The molecular weight excluding hydrogens is 262 g/mol. The molecule has 0 radical (unpaired) electrons. The van der Waals surface area contributed by atoms with Gasteiger partial charge in [0.25, 0.3) is 5.69 Å². The third kappa shape index (κ3) is 2.84. The van der Waals surface area contributed by atoms with Crippen LogP contribution in [0, 0.1) is 17.0 Å². The standard InChI is InChI=1S/C13H17N3O2S/c1-5-13(3,4)15-9-6-10-12(19-8(2)14-10)7-11(9)16(17)18/h6-7,15H,5H2,1-4H3. The second-order valence-electron chi connectivity index (χ2n) is 5.19. The van der Waals surface area contributed by atoms with E-state index in [0.29, 0.717) is 5.69 Å². The van der Waals surface area contributed by atoms with E-state index in [1.807, 2.05) is 27.7 Å². The fraction of sp³-hybridized carbons (Fsp3) is 0.462. The van der Waals surface area contributed by atoms with Crippen molar-refractivity contribution in [3.8, 4) is 0 Å². The largest absolute Gasteiger partial charge is 0.375 e. The Hall–Kier alpha value is -1.69. The number of aromatic nitrogens is 1. The lowest BCUT2D eigenvalue weighted by atomic mass is 10.0. The summed E-state index contributed by atoms with van der Waals surface area (Å²) in [6.07, 6.45) is 0.873. The molecule has 0 aliphatic heterocycles. The van der Waals surface area contributed by atoms with Gasteiger partial charge in [0, 0.05) is 11.6 Å². The lowest BCUT2D eigenvalue weighted by Crippen LogP contribution is -2.29. The van der Waals surface area contributed by atoms with Crippen LogP contribution >= 0.6 is 11.3 Å². The van der Waals surface area contributed by atoms with Gasteiger partial charge in [0.15, 0.2) is 0 Å². The van der Waals surface area contributed by atoms with E-state index in [1.54, 1.807) is 12.1 Å². The highest BCUT2D eigenvalue weighted by Crippen LogP contribution is 2.34. The molecule has 1 aromatic carbocycles. The molecule has 0 spiro atoms. The fourth-order valence-corrected chi connectivity index (χ4v) is 2.62. The molecule has 0 bridgehead atoms. The monoisotopic (exact) mass is 279 g/mol. The molecule has 2 rings (SSSR count). The minimum absolute atomic E-state index is 0.109. The summed E-state index contributed by atoms with van der Waals surface area (Å²) in [5.74, 6) is 0. The first-order valence-corrected chi connectivity index (χ1v) is 6.98. The number of hydrogen-bond donors (Lipinski definition) is 1. The zero-order valence-corrected chi connectivity index (χ0v) is 12.3. The van der Waals surface area contributed by atoms with E-state index in [9.17, 15) is 10.1 Å². The maximum atomic E-state index is 11.2. The van der Waals surface area contributed by atoms with Crippen LogP contribution < -0.4 is 5.32 Å². The molecule has 102 valence electrons. The molecule has 0 saturated heterocycles. The molecule has 0 saturated carbocycles.